The summed E-state index contributed by atoms with van der Waals surface area (Å²) in [6, 6.07) is 0. The third-order valence-corrected chi connectivity index (χ3v) is 3.40. The number of rotatable bonds is 6. The number of hydrogen-bond acceptors (Lipinski definition) is 2. The van der Waals surface area contributed by atoms with Gasteiger partial charge >= 0.3 is 5.97 Å². The van der Waals surface area contributed by atoms with Crippen molar-refractivity contribution in [2.24, 2.45) is 17.8 Å². The number of hydrogen-bond donors (Lipinski definition) is 1. The van der Waals surface area contributed by atoms with Crippen LogP contribution < -0.4 is 0 Å². The van der Waals surface area contributed by atoms with E-state index >= 15 is 0 Å². The van der Waals surface area contributed by atoms with E-state index < -0.39 is 17.8 Å². The van der Waals surface area contributed by atoms with Gasteiger partial charge in [-0.05, 0) is 25.7 Å². The minimum absolute atomic E-state index is 0.0238. The van der Waals surface area contributed by atoms with Crippen LogP contribution in [0.25, 0.3) is 0 Å². The number of aliphatic carboxylic acids is 1. The van der Waals surface area contributed by atoms with E-state index in [2.05, 4.69) is 0 Å². The highest BCUT2D eigenvalue weighted by Gasteiger charge is 2.32. The molecule has 0 spiro atoms. The van der Waals surface area contributed by atoms with Crippen LogP contribution in [-0.2, 0) is 9.59 Å². The third-order valence-electron chi connectivity index (χ3n) is 3.40. The van der Waals surface area contributed by atoms with Crippen LogP contribution in [0.5, 0.6) is 0 Å². The molecule has 0 radical (unpaired) electrons. The number of carboxylic acids is 1. The van der Waals surface area contributed by atoms with Gasteiger partial charge in [0.05, 0.1) is 5.92 Å². The molecule has 1 amide bonds. The molecule has 2 unspecified atom stereocenters. The highest BCUT2D eigenvalue weighted by Crippen LogP contribution is 2.30. The van der Waals surface area contributed by atoms with E-state index in [1.807, 2.05) is 6.92 Å². The Morgan fingerprint density at radius 1 is 1.31 bits per heavy atom. The zero-order chi connectivity index (χ0) is 12.3. The molecule has 0 aliphatic heterocycles. The number of carbonyl (C=O) groups is 2. The van der Waals surface area contributed by atoms with Gasteiger partial charge in [0, 0.05) is 19.0 Å². The molecule has 4 heteroatoms. The van der Waals surface area contributed by atoms with Gasteiger partial charge in [-0.1, -0.05) is 13.8 Å². The first-order chi connectivity index (χ1) is 7.47. The van der Waals surface area contributed by atoms with Gasteiger partial charge in [0.15, 0.2) is 0 Å². The number of amides is 1. The Bertz CT molecular complexity index is 273. The Balaban J connectivity index is 2.54. The van der Waals surface area contributed by atoms with Crippen molar-refractivity contribution in [2.45, 2.75) is 33.6 Å². The second kappa shape index (κ2) is 5.32. The summed E-state index contributed by atoms with van der Waals surface area (Å²) in [5.41, 5.74) is 0. The smallest absolute Gasteiger partial charge is 0.307 e. The Hall–Kier alpha value is -1.06. The van der Waals surface area contributed by atoms with Crippen LogP contribution in [0, 0.1) is 17.8 Å². The fraction of sp³-hybridized carbons (Fsp3) is 0.833. The van der Waals surface area contributed by atoms with E-state index in [0.717, 1.165) is 6.54 Å². The summed E-state index contributed by atoms with van der Waals surface area (Å²) in [5, 5.41) is 8.88. The highest BCUT2D eigenvalue weighted by molar-refractivity contribution is 5.84. The molecule has 1 aliphatic rings. The minimum atomic E-state index is -0.900. The zero-order valence-corrected chi connectivity index (χ0v) is 10.3. The first-order valence-corrected chi connectivity index (χ1v) is 5.99. The molecule has 0 bridgehead atoms. The second-order valence-electron chi connectivity index (χ2n) is 4.74. The average molecular weight is 227 g/mol. The molecule has 0 aromatic rings. The molecule has 1 saturated carbocycles. The third kappa shape index (κ3) is 3.22. The Kier molecular flexibility index (Phi) is 4.33. The molecule has 16 heavy (non-hydrogen) atoms. The van der Waals surface area contributed by atoms with Crippen molar-refractivity contribution >= 4 is 11.9 Å². The lowest BCUT2D eigenvalue weighted by atomic mass is 9.94. The summed E-state index contributed by atoms with van der Waals surface area (Å²) in [5.74, 6) is -1.32. The van der Waals surface area contributed by atoms with Crippen molar-refractivity contribution < 1.29 is 14.7 Å². The van der Waals surface area contributed by atoms with Gasteiger partial charge in [0.2, 0.25) is 5.91 Å². The van der Waals surface area contributed by atoms with E-state index in [1.165, 1.54) is 12.8 Å². The molecule has 92 valence electrons. The Labute approximate surface area is 96.6 Å². The van der Waals surface area contributed by atoms with Gasteiger partial charge in [-0.2, -0.15) is 0 Å². The van der Waals surface area contributed by atoms with Crippen molar-refractivity contribution in [1.29, 1.82) is 0 Å². The topological polar surface area (TPSA) is 57.6 Å². The van der Waals surface area contributed by atoms with Crippen LogP contribution in [0.3, 0.4) is 0 Å². The van der Waals surface area contributed by atoms with E-state index in [1.54, 1.807) is 18.7 Å². The second-order valence-corrected chi connectivity index (χ2v) is 4.74. The fourth-order valence-electron chi connectivity index (χ4n) is 1.70. The zero-order valence-electron chi connectivity index (χ0n) is 10.3. The molecular weight excluding hydrogens is 206 g/mol. The maximum absolute atomic E-state index is 12.0. The largest absolute Gasteiger partial charge is 0.481 e. The Morgan fingerprint density at radius 2 is 1.88 bits per heavy atom. The molecular formula is C12H21NO3. The summed E-state index contributed by atoms with van der Waals surface area (Å²) in [6.07, 6.45) is 2.40. The van der Waals surface area contributed by atoms with Gasteiger partial charge in [-0.25, -0.2) is 0 Å². The standard InChI is InChI=1S/C12H21NO3/c1-4-13(7-10-5-6-10)11(14)8(2)9(3)12(15)16/h8-10H,4-7H2,1-3H3,(H,15,16). The fourth-order valence-corrected chi connectivity index (χ4v) is 1.70. The van der Waals surface area contributed by atoms with Gasteiger partial charge in [-0.15, -0.1) is 0 Å². The molecule has 0 aromatic heterocycles. The van der Waals surface area contributed by atoms with Crippen LogP contribution in [0.4, 0.5) is 0 Å². The predicted molar refractivity (Wildman–Crippen MR) is 60.9 cm³/mol. The van der Waals surface area contributed by atoms with Gasteiger partial charge in [0.1, 0.15) is 0 Å². The van der Waals surface area contributed by atoms with Crippen molar-refractivity contribution in [3.05, 3.63) is 0 Å². The van der Waals surface area contributed by atoms with Crippen LogP contribution in [-0.4, -0.2) is 35.0 Å². The lowest BCUT2D eigenvalue weighted by Gasteiger charge is -2.26. The van der Waals surface area contributed by atoms with Crippen molar-refractivity contribution in [3.63, 3.8) is 0 Å². The number of carboxylic acid groups (broad SMARTS) is 1. The molecule has 0 saturated heterocycles. The number of carbonyl (C=O) groups excluding carboxylic acids is 1. The Morgan fingerprint density at radius 3 is 2.25 bits per heavy atom. The lowest BCUT2D eigenvalue weighted by molar-refractivity contribution is -0.149. The summed E-state index contributed by atoms with van der Waals surface area (Å²) >= 11 is 0. The summed E-state index contributed by atoms with van der Waals surface area (Å²) in [4.78, 5) is 24.7. The summed E-state index contributed by atoms with van der Waals surface area (Å²) < 4.78 is 0. The first-order valence-electron chi connectivity index (χ1n) is 5.99. The molecule has 4 nitrogen and oxygen atoms in total. The van der Waals surface area contributed by atoms with Crippen molar-refractivity contribution in [1.82, 2.24) is 4.90 Å². The van der Waals surface area contributed by atoms with Crippen LogP contribution in [0.1, 0.15) is 33.6 Å². The maximum atomic E-state index is 12.0. The first kappa shape index (κ1) is 13.0. The molecule has 0 aromatic carbocycles. The normalized spacial score (nSPS) is 18.9. The molecule has 1 aliphatic carbocycles. The SMILES string of the molecule is CCN(CC1CC1)C(=O)C(C)C(C)C(=O)O. The van der Waals surface area contributed by atoms with Gasteiger partial charge in [0.25, 0.3) is 0 Å². The van der Waals surface area contributed by atoms with Crippen LogP contribution >= 0.6 is 0 Å². The monoisotopic (exact) mass is 227 g/mol. The quantitative estimate of drug-likeness (QED) is 0.750. The van der Waals surface area contributed by atoms with Crippen molar-refractivity contribution in [3.8, 4) is 0 Å². The molecule has 0 heterocycles. The lowest BCUT2D eigenvalue weighted by Crippen LogP contribution is -2.40. The molecule has 1 N–H and O–H groups in total. The number of nitrogens with zero attached hydrogens (tertiary/aromatic N) is 1. The van der Waals surface area contributed by atoms with Crippen LogP contribution in [0.2, 0.25) is 0 Å². The summed E-state index contributed by atoms with van der Waals surface area (Å²) in [6.45, 7) is 6.71. The predicted octanol–water partition coefficient (Wildman–Crippen LogP) is 1.60. The molecule has 1 fully saturated rings. The highest BCUT2D eigenvalue weighted by atomic mass is 16.4. The van der Waals surface area contributed by atoms with Gasteiger partial charge in [-0.3, -0.25) is 9.59 Å². The van der Waals surface area contributed by atoms with E-state index in [4.69, 9.17) is 5.11 Å². The molecule has 1 rings (SSSR count). The van der Waals surface area contributed by atoms with E-state index in [0.29, 0.717) is 12.5 Å². The van der Waals surface area contributed by atoms with Crippen LogP contribution in [0.15, 0.2) is 0 Å². The van der Waals surface area contributed by atoms with Gasteiger partial charge < -0.3 is 10.0 Å². The average Bonchev–Trinajstić information content (AvgIpc) is 3.06. The maximum Gasteiger partial charge on any atom is 0.307 e. The molecule has 2 atom stereocenters. The van der Waals surface area contributed by atoms with E-state index in [-0.39, 0.29) is 5.91 Å². The van der Waals surface area contributed by atoms with Crippen molar-refractivity contribution in [2.75, 3.05) is 13.1 Å². The van der Waals surface area contributed by atoms with E-state index in [9.17, 15) is 9.59 Å². The summed E-state index contributed by atoms with van der Waals surface area (Å²) in [7, 11) is 0. The minimum Gasteiger partial charge on any atom is -0.481 e.